The fourth-order valence-electron chi connectivity index (χ4n) is 2.02. The molecule has 0 saturated carbocycles. The number of fused-ring (bicyclic) bond motifs is 1. The minimum atomic E-state index is -4.36. The molecule has 0 N–H and O–H groups in total. The number of hydrogen-bond donors (Lipinski definition) is 0. The van der Waals surface area contributed by atoms with Crippen molar-refractivity contribution < 1.29 is 13.2 Å². The quantitative estimate of drug-likeness (QED) is 0.682. The van der Waals surface area contributed by atoms with Gasteiger partial charge in [0, 0.05) is 5.39 Å². The van der Waals surface area contributed by atoms with Gasteiger partial charge in [0.15, 0.2) is 0 Å². The third-order valence-electron chi connectivity index (χ3n) is 3.00. The zero-order chi connectivity index (χ0) is 13.5. The van der Waals surface area contributed by atoms with Crippen LogP contribution < -0.4 is 0 Å². The average molecular weight is 274 g/mol. The number of aromatic nitrogens is 1. The summed E-state index contributed by atoms with van der Waals surface area (Å²) in [6.45, 7) is 3.79. The van der Waals surface area contributed by atoms with Crippen LogP contribution in [-0.4, -0.2) is 4.98 Å². The molecule has 2 rings (SSSR count). The molecule has 0 bridgehead atoms. The highest BCUT2D eigenvalue weighted by Crippen LogP contribution is 2.33. The molecule has 18 heavy (non-hydrogen) atoms. The van der Waals surface area contributed by atoms with E-state index in [0.717, 1.165) is 23.3 Å². The molecule has 1 aromatic heterocycles. The van der Waals surface area contributed by atoms with Gasteiger partial charge in [-0.1, -0.05) is 24.6 Å². The van der Waals surface area contributed by atoms with Crippen molar-refractivity contribution in [2.45, 2.75) is 26.4 Å². The number of rotatable bonds is 1. The maximum Gasteiger partial charge on any atom is 0.416 e. The lowest BCUT2D eigenvalue weighted by Gasteiger charge is -2.12. The van der Waals surface area contributed by atoms with E-state index in [9.17, 15) is 13.2 Å². The van der Waals surface area contributed by atoms with Crippen LogP contribution in [0, 0.1) is 6.92 Å². The molecular formula is C13H11ClF3N. The van der Waals surface area contributed by atoms with Crippen molar-refractivity contribution in [1.82, 2.24) is 4.98 Å². The van der Waals surface area contributed by atoms with E-state index in [4.69, 9.17) is 11.6 Å². The van der Waals surface area contributed by atoms with Gasteiger partial charge in [0.2, 0.25) is 0 Å². The van der Waals surface area contributed by atoms with E-state index in [2.05, 4.69) is 4.98 Å². The molecular weight excluding hydrogens is 263 g/mol. The summed E-state index contributed by atoms with van der Waals surface area (Å²) in [6, 6.07) is 3.56. The van der Waals surface area contributed by atoms with E-state index in [1.54, 1.807) is 0 Å². The summed E-state index contributed by atoms with van der Waals surface area (Å²) >= 11 is 5.98. The van der Waals surface area contributed by atoms with E-state index in [-0.39, 0.29) is 10.7 Å². The van der Waals surface area contributed by atoms with Gasteiger partial charge in [0.25, 0.3) is 0 Å². The first-order valence-electron chi connectivity index (χ1n) is 5.50. The first kappa shape index (κ1) is 13.1. The number of aryl methyl sites for hydroxylation is 1. The summed E-state index contributed by atoms with van der Waals surface area (Å²) in [4.78, 5) is 4.05. The standard InChI is InChI=1S/C13H11ClF3N/c1-3-9-7(2)10-5-4-8(13(15,16)17)6-11(10)18-12(9)14/h4-6H,3H2,1-2H3. The summed E-state index contributed by atoms with van der Waals surface area (Å²) < 4.78 is 37.8. The zero-order valence-corrected chi connectivity index (χ0v) is 10.7. The first-order chi connectivity index (χ1) is 8.34. The largest absolute Gasteiger partial charge is 0.416 e. The molecule has 0 saturated heterocycles. The third kappa shape index (κ3) is 2.17. The zero-order valence-electron chi connectivity index (χ0n) is 9.90. The van der Waals surface area contributed by atoms with E-state index in [0.29, 0.717) is 11.8 Å². The van der Waals surface area contributed by atoms with Gasteiger partial charge < -0.3 is 0 Å². The monoisotopic (exact) mass is 273 g/mol. The fourth-order valence-corrected chi connectivity index (χ4v) is 2.39. The Kier molecular flexibility index (Phi) is 3.23. The van der Waals surface area contributed by atoms with Crippen LogP contribution in [0.3, 0.4) is 0 Å². The molecule has 0 spiro atoms. The van der Waals surface area contributed by atoms with Gasteiger partial charge >= 0.3 is 6.18 Å². The van der Waals surface area contributed by atoms with Crippen molar-refractivity contribution >= 4 is 22.5 Å². The predicted octanol–water partition coefficient (Wildman–Crippen LogP) is 4.78. The molecule has 1 nitrogen and oxygen atoms in total. The maximum atomic E-state index is 12.6. The molecule has 0 unspecified atom stereocenters. The highest BCUT2D eigenvalue weighted by atomic mass is 35.5. The highest BCUT2D eigenvalue weighted by Gasteiger charge is 2.30. The molecule has 0 aliphatic rings. The second-order valence-electron chi connectivity index (χ2n) is 4.09. The average Bonchev–Trinajstić information content (AvgIpc) is 2.27. The van der Waals surface area contributed by atoms with E-state index < -0.39 is 11.7 Å². The molecule has 96 valence electrons. The molecule has 0 fully saturated rings. The van der Waals surface area contributed by atoms with Gasteiger partial charge in [0.05, 0.1) is 11.1 Å². The summed E-state index contributed by atoms with van der Waals surface area (Å²) in [5.74, 6) is 0. The fraction of sp³-hybridized carbons (Fsp3) is 0.308. The van der Waals surface area contributed by atoms with Crippen molar-refractivity contribution in [3.05, 3.63) is 40.0 Å². The number of hydrogen-bond acceptors (Lipinski definition) is 1. The molecule has 1 heterocycles. The lowest BCUT2D eigenvalue weighted by molar-refractivity contribution is -0.137. The van der Waals surface area contributed by atoms with E-state index in [1.807, 2.05) is 13.8 Å². The molecule has 1 aromatic carbocycles. The minimum Gasteiger partial charge on any atom is -0.236 e. The third-order valence-corrected chi connectivity index (χ3v) is 3.32. The van der Waals surface area contributed by atoms with Gasteiger partial charge in [-0.05, 0) is 36.6 Å². The van der Waals surface area contributed by atoms with Crippen molar-refractivity contribution in [3.8, 4) is 0 Å². The number of alkyl halides is 3. The molecule has 2 aromatic rings. The Bertz CT molecular complexity index is 605. The second kappa shape index (κ2) is 4.43. The lowest BCUT2D eigenvalue weighted by atomic mass is 10.0. The van der Waals surface area contributed by atoms with Gasteiger partial charge in [-0.2, -0.15) is 13.2 Å². The Balaban J connectivity index is 2.74. The molecule has 0 aliphatic carbocycles. The summed E-state index contributed by atoms with van der Waals surface area (Å²) in [5, 5.41) is 0.992. The summed E-state index contributed by atoms with van der Waals surface area (Å²) in [5.41, 5.74) is 1.34. The SMILES string of the molecule is CCc1c(Cl)nc2cc(C(F)(F)F)ccc2c1C. The van der Waals surface area contributed by atoms with Crippen LogP contribution in [0.15, 0.2) is 18.2 Å². The Hall–Kier alpha value is -1.29. The van der Waals surface area contributed by atoms with Crippen LogP contribution in [0.2, 0.25) is 5.15 Å². The normalized spacial score (nSPS) is 12.1. The van der Waals surface area contributed by atoms with Crippen LogP contribution in [0.4, 0.5) is 13.2 Å². The Morgan fingerprint density at radius 3 is 2.50 bits per heavy atom. The Morgan fingerprint density at radius 1 is 1.28 bits per heavy atom. The van der Waals surface area contributed by atoms with Crippen LogP contribution >= 0.6 is 11.6 Å². The highest BCUT2D eigenvalue weighted by molar-refractivity contribution is 6.30. The molecule has 0 atom stereocenters. The van der Waals surface area contributed by atoms with Crippen molar-refractivity contribution in [2.75, 3.05) is 0 Å². The van der Waals surface area contributed by atoms with Crippen LogP contribution in [-0.2, 0) is 12.6 Å². The predicted molar refractivity (Wildman–Crippen MR) is 65.9 cm³/mol. The van der Waals surface area contributed by atoms with Gasteiger partial charge in [-0.25, -0.2) is 4.98 Å². The molecule has 5 heteroatoms. The van der Waals surface area contributed by atoms with E-state index in [1.165, 1.54) is 6.07 Å². The van der Waals surface area contributed by atoms with Crippen LogP contribution in [0.25, 0.3) is 10.9 Å². The number of halogens is 4. The number of benzene rings is 1. The van der Waals surface area contributed by atoms with Gasteiger partial charge in [0.1, 0.15) is 5.15 Å². The number of nitrogens with zero attached hydrogens (tertiary/aromatic N) is 1. The smallest absolute Gasteiger partial charge is 0.236 e. The first-order valence-corrected chi connectivity index (χ1v) is 5.88. The Labute approximate surface area is 108 Å². The van der Waals surface area contributed by atoms with Crippen molar-refractivity contribution in [3.63, 3.8) is 0 Å². The lowest BCUT2D eigenvalue weighted by Crippen LogP contribution is -2.05. The van der Waals surface area contributed by atoms with Crippen LogP contribution in [0.5, 0.6) is 0 Å². The molecule has 0 aliphatic heterocycles. The summed E-state index contributed by atoms with van der Waals surface area (Å²) in [6.07, 6.45) is -3.66. The van der Waals surface area contributed by atoms with Gasteiger partial charge in [-0.15, -0.1) is 0 Å². The van der Waals surface area contributed by atoms with Crippen molar-refractivity contribution in [2.24, 2.45) is 0 Å². The van der Waals surface area contributed by atoms with E-state index >= 15 is 0 Å². The van der Waals surface area contributed by atoms with Gasteiger partial charge in [-0.3, -0.25) is 0 Å². The molecule has 0 radical (unpaired) electrons. The summed E-state index contributed by atoms with van der Waals surface area (Å²) in [7, 11) is 0. The maximum absolute atomic E-state index is 12.6. The second-order valence-corrected chi connectivity index (χ2v) is 4.45. The van der Waals surface area contributed by atoms with Crippen molar-refractivity contribution in [1.29, 1.82) is 0 Å². The minimum absolute atomic E-state index is 0.279. The molecule has 0 amide bonds. The van der Waals surface area contributed by atoms with Crippen LogP contribution in [0.1, 0.15) is 23.6 Å². The topological polar surface area (TPSA) is 12.9 Å². The Morgan fingerprint density at radius 2 is 1.94 bits per heavy atom. The number of pyridine rings is 1.